The van der Waals surface area contributed by atoms with Crippen LogP contribution in [0.2, 0.25) is 0 Å². The number of para-hydroxylation sites is 1. The number of rotatable bonds is 3. The van der Waals surface area contributed by atoms with E-state index in [-0.39, 0.29) is 0 Å². The van der Waals surface area contributed by atoms with Gasteiger partial charge in [-0.3, -0.25) is 0 Å². The topological polar surface area (TPSA) is 13.1 Å². The third-order valence-corrected chi connectivity index (χ3v) is 9.08. The molecule has 0 bridgehead atoms. The molecule has 7 aromatic carbocycles. The van der Waals surface area contributed by atoms with Gasteiger partial charge in [-0.25, -0.2) is 0 Å². The molecule has 1 aliphatic rings. The van der Waals surface area contributed by atoms with E-state index < -0.39 is 0 Å². The van der Waals surface area contributed by atoms with Crippen LogP contribution in [-0.4, -0.2) is 0 Å². The fourth-order valence-corrected chi connectivity index (χ4v) is 7.26. The molecule has 0 atom stereocenters. The summed E-state index contributed by atoms with van der Waals surface area (Å²) in [7, 11) is 0. The van der Waals surface area contributed by atoms with Gasteiger partial charge in [-0.15, -0.1) is 0 Å². The van der Waals surface area contributed by atoms with Gasteiger partial charge in [-0.1, -0.05) is 133 Å². The van der Waals surface area contributed by atoms with Gasteiger partial charge in [0.2, 0.25) is 0 Å². The first-order chi connectivity index (χ1) is 21.4. The molecular formula is C42H28O. The van der Waals surface area contributed by atoms with Crippen molar-refractivity contribution in [2.45, 2.75) is 12.8 Å². The monoisotopic (exact) mass is 548 g/mol. The summed E-state index contributed by atoms with van der Waals surface area (Å²) < 4.78 is 6.74. The Morgan fingerprint density at radius 3 is 1.63 bits per heavy atom. The van der Waals surface area contributed by atoms with Crippen molar-refractivity contribution in [1.82, 2.24) is 0 Å². The summed E-state index contributed by atoms with van der Waals surface area (Å²) in [5, 5.41) is 9.76. The minimum Gasteiger partial charge on any atom is -0.455 e. The zero-order valence-corrected chi connectivity index (χ0v) is 23.7. The van der Waals surface area contributed by atoms with Gasteiger partial charge in [0.1, 0.15) is 11.2 Å². The van der Waals surface area contributed by atoms with Crippen molar-refractivity contribution in [3.8, 4) is 11.1 Å². The molecule has 1 heterocycles. The van der Waals surface area contributed by atoms with Crippen molar-refractivity contribution in [1.29, 1.82) is 0 Å². The highest BCUT2D eigenvalue weighted by Crippen LogP contribution is 2.50. The van der Waals surface area contributed by atoms with Crippen LogP contribution in [0.5, 0.6) is 0 Å². The van der Waals surface area contributed by atoms with Crippen LogP contribution in [-0.2, 0) is 0 Å². The molecule has 1 aromatic heterocycles. The number of hydrogen-bond donors (Lipinski definition) is 0. The summed E-state index contributed by atoms with van der Waals surface area (Å²) in [6.45, 7) is 0. The molecule has 0 amide bonds. The molecule has 202 valence electrons. The fourth-order valence-electron chi connectivity index (χ4n) is 7.26. The van der Waals surface area contributed by atoms with E-state index in [1.165, 1.54) is 65.7 Å². The number of allylic oxidation sites excluding steroid dienone is 4. The van der Waals surface area contributed by atoms with Gasteiger partial charge in [0.25, 0.3) is 0 Å². The van der Waals surface area contributed by atoms with E-state index in [0.29, 0.717) is 0 Å². The predicted octanol–water partition coefficient (Wildman–Crippen LogP) is 12.0. The fraction of sp³-hybridized carbons (Fsp3) is 0.0476. The SMILES string of the molecule is C1=C(c2ccccc2)C(c2c3ccccc3c(-c3c4ccccc4cc4c3oc3ccccc34)c3ccccc23)=CCC1. The second kappa shape index (κ2) is 9.58. The van der Waals surface area contributed by atoms with Crippen molar-refractivity contribution >= 4 is 65.4 Å². The van der Waals surface area contributed by atoms with Gasteiger partial charge in [0.05, 0.1) is 0 Å². The van der Waals surface area contributed by atoms with Crippen molar-refractivity contribution < 1.29 is 4.42 Å². The smallest absolute Gasteiger partial charge is 0.143 e. The lowest BCUT2D eigenvalue weighted by molar-refractivity contribution is 0.670. The Morgan fingerprint density at radius 2 is 0.930 bits per heavy atom. The molecule has 1 heteroatoms. The van der Waals surface area contributed by atoms with Crippen LogP contribution in [0.3, 0.4) is 0 Å². The number of fused-ring (bicyclic) bond motifs is 6. The predicted molar refractivity (Wildman–Crippen MR) is 183 cm³/mol. The molecule has 0 saturated carbocycles. The Morgan fingerprint density at radius 1 is 0.395 bits per heavy atom. The lowest BCUT2D eigenvalue weighted by Crippen LogP contribution is -1.99. The molecule has 43 heavy (non-hydrogen) atoms. The largest absolute Gasteiger partial charge is 0.455 e. The first-order valence-electron chi connectivity index (χ1n) is 15.1. The van der Waals surface area contributed by atoms with Crippen LogP contribution in [0.1, 0.15) is 24.0 Å². The normalized spacial score (nSPS) is 13.7. The quantitative estimate of drug-likeness (QED) is 0.200. The lowest BCUT2D eigenvalue weighted by atomic mass is 9.80. The highest BCUT2D eigenvalue weighted by Gasteiger charge is 2.24. The van der Waals surface area contributed by atoms with Gasteiger partial charge in [-0.2, -0.15) is 0 Å². The van der Waals surface area contributed by atoms with Crippen LogP contribution in [0.4, 0.5) is 0 Å². The zero-order valence-electron chi connectivity index (χ0n) is 23.7. The number of benzene rings is 7. The molecular weight excluding hydrogens is 520 g/mol. The molecule has 1 nitrogen and oxygen atoms in total. The number of hydrogen-bond acceptors (Lipinski definition) is 1. The second-order valence-electron chi connectivity index (χ2n) is 11.5. The molecule has 0 N–H and O–H groups in total. The lowest BCUT2D eigenvalue weighted by Gasteiger charge is -2.23. The Balaban J connectivity index is 1.46. The molecule has 8 aromatic rings. The average molecular weight is 549 g/mol. The van der Waals surface area contributed by atoms with Gasteiger partial charge in [0.15, 0.2) is 0 Å². The summed E-state index contributed by atoms with van der Waals surface area (Å²) in [6.07, 6.45) is 6.97. The van der Waals surface area contributed by atoms with Crippen molar-refractivity contribution in [2.75, 3.05) is 0 Å². The second-order valence-corrected chi connectivity index (χ2v) is 11.5. The molecule has 0 unspecified atom stereocenters. The van der Waals surface area contributed by atoms with Crippen LogP contribution in [0.25, 0.3) is 76.5 Å². The number of furan rings is 1. The summed E-state index contributed by atoms with van der Waals surface area (Å²) in [6, 6.07) is 48.2. The molecule has 9 rings (SSSR count). The van der Waals surface area contributed by atoms with E-state index >= 15 is 0 Å². The molecule has 0 saturated heterocycles. The summed E-state index contributed by atoms with van der Waals surface area (Å²) >= 11 is 0. The maximum atomic E-state index is 6.74. The Bertz CT molecular complexity index is 2380. The molecule has 0 radical (unpaired) electrons. The van der Waals surface area contributed by atoms with E-state index in [1.807, 2.05) is 0 Å². The van der Waals surface area contributed by atoms with Crippen LogP contribution in [0.15, 0.2) is 150 Å². The Labute approximate surface area is 250 Å². The minimum absolute atomic E-state index is 0.921. The molecule has 0 fully saturated rings. The van der Waals surface area contributed by atoms with E-state index in [4.69, 9.17) is 4.42 Å². The van der Waals surface area contributed by atoms with Crippen LogP contribution >= 0.6 is 0 Å². The van der Waals surface area contributed by atoms with Gasteiger partial charge >= 0.3 is 0 Å². The summed E-state index contributed by atoms with van der Waals surface area (Å²) in [4.78, 5) is 0. The Kier molecular flexibility index (Phi) is 5.39. The van der Waals surface area contributed by atoms with E-state index in [1.54, 1.807) is 0 Å². The summed E-state index contributed by atoms with van der Waals surface area (Å²) in [5.41, 5.74) is 9.49. The van der Waals surface area contributed by atoms with E-state index in [9.17, 15) is 0 Å². The van der Waals surface area contributed by atoms with E-state index in [2.05, 4.69) is 146 Å². The highest BCUT2D eigenvalue weighted by atomic mass is 16.3. The Hall–Kier alpha value is -5.40. The third kappa shape index (κ3) is 3.65. The van der Waals surface area contributed by atoms with Crippen molar-refractivity contribution in [2.24, 2.45) is 0 Å². The van der Waals surface area contributed by atoms with Crippen molar-refractivity contribution in [3.63, 3.8) is 0 Å². The van der Waals surface area contributed by atoms with Gasteiger partial charge in [-0.05, 0) is 79.6 Å². The van der Waals surface area contributed by atoms with E-state index in [0.717, 1.165) is 34.8 Å². The molecule has 1 aliphatic carbocycles. The first kappa shape index (κ1) is 24.2. The van der Waals surface area contributed by atoms with Gasteiger partial charge in [0, 0.05) is 21.9 Å². The van der Waals surface area contributed by atoms with Crippen molar-refractivity contribution in [3.05, 3.63) is 157 Å². The van der Waals surface area contributed by atoms with Gasteiger partial charge < -0.3 is 4.42 Å². The standard InChI is InChI=1S/C42H28O/c1-2-14-27(15-3-1)29-17-6-7-20-32(29)39-33-21-8-10-23-35(33)40(36-24-11-9-22-34(36)39)41-30-18-5-4-16-28(30)26-37-31-19-12-13-25-38(31)43-42(37)41/h1-5,8-26H,6-7H2. The maximum Gasteiger partial charge on any atom is 0.143 e. The molecule has 0 aliphatic heterocycles. The maximum absolute atomic E-state index is 6.74. The van der Waals surface area contributed by atoms with Crippen LogP contribution in [0, 0.1) is 0 Å². The average Bonchev–Trinajstić information content (AvgIpc) is 3.45. The van der Waals surface area contributed by atoms with Crippen LogP contribution < -0.4 is 0 Å². The highest BCUT2D eigenvalue weighted by molar-refractivity contribution is 6.29. The first-order valence-corrected chi connectivity index (χ1v) is 15.1. The zero-order chi connectivity index (χ0) is 28.3. The molecule has 0 spiro atoms. The minimum atomic E-state index is 0.921. The summed E-state index contributed by atoms with van der Waals surface area (Å²) in [5.74, 6) is 0. The third-order valence-electron chi connectivity index (χ3n) is 9.08.